The summed E-state index contributed by atoms with van der Waals surface area (Å²) in [5.74, 6) is 0.955. The smallest absolute Gasteiger partial charge is 0.258 e. The van der Waals surface area contributed by atoms with Gasteiger partial charge in [-0.2, -0.15) is 0 Å². The Bertz CT molecular complexity index is 683. The van der Waals surface area contributed by atoms with Crippen molar-refractivity contribution in [2.24, 2.45) is 5.92 Å². The lowest BCUT2D eigenvalue weighted by Gasteiger charge is -2.19. The number of rotatable bonds is 6. The fourth-order valence-corrected chi connectivity index (χ4v) is 2.81. The summed E-state index contributed by atoms with van der Waals surface area (Å²) in [5.41, 5.74) is 2.20. The van der Waals surface area contributed by atoms with Gasteiger partial charge in [0.2, 0.25) is 0 Å². The third-order valence-electron chi connectivity index (χ3n) is 4.01. The lowest BCUT2D eigenvalue weighted by Crippen LogP contribution is -2.33. The minimum absolute atomic E-state index is 0.0285. The van der Waals surface area contributed by atoms with E-state index in [0.717, 1.165) is 24.0 Å². The highest BCUT2D eigenvalue weighted by molar-refractivity contribution is 6.32. The van der Waals surface area contributed by atoms with Crippen LogP contribution >= 0.6 is 11.6 Å². The van der Waals surface area contributed by atoms with E-state index < -0.39 is 0 Å². The summed E-state index contributed by atoms with van der Waals surface area (Å²) in [7, 11) is 0. The van der Waals surface area contributed by atoms with Crippen molar-refractivity contribution >= 4 is 17.5 Å². The molecule has 0 saturated heterocycles. The van der Waals surface area contributed by atoms with Gasteiger partial charge >= 0.3 is 0 Å². The number of aryl methyl sites for hydroxylation is 1. The molecule has 1 amide bonds. The van der Waals surface area contributed by atoms with Crippen LogP contribution in [0.15, 0.2) is 48.5 Å². The van der Waals surface area contributed by atoms with E-state index in [1.165, 1.54) is 0 Å². The molecule has 1 fully saturated rings. The summed E-state index contributed by atoms with van der Waals surface area (Å²) >= 11 is 6.09. The second-order valence-corrected chi connectivity index (χ2v) is 6.42. The summed E-state index contributed by atoms with van der Waals surface area (Å²) in [6.45, 7) is 1.93. The molecule has 1 atom stereocenters. The number of amides is 1. The van der Waals surface area contributed by atoms with Crippen molar-refractivity contribution in [2.75, 3.05) is 6.61 Å². The third kappa shape index (κ3) is 4.26. The lowest BCUT2D eigenvalue weighted by atomic mass is 10.0. The molecule has 0 unspecified atom stereocenters. The SMILES string of the molecule is Cc1ccc(Cl)c(OCC(=O)N[C@@H](c2ccccc2)C2CC2)c1. The molecule has 0 aromatic heterocycles. The molecule has 1 aliphatic rings. The molecule has 4 heteroatoms. The summed E-state index contributed by atoms with van der Waals surface area (Å²) in [5, 5.41) is 3.61. The Labute approximate surface area is 141 Å². The standard InChI is InChI=1S/C19H20ClNO2/c1-13-7-10-16(20)17(11-13)23-12-18(22)21-19(15-8-9-15)14-5-3-2-4-6-14/h2-7,10-11,15,19H,8-9,12H2,1H3,(H,21,22)/t19-/m0/s1. The van der Waals surface area contributed by atoms with Crippen LogP contribution in [0.5, 0.6) is 5.75 Å². The van der Waals surface area contributed by atoms with Gasteiger partial charge in [-0.3, -0.25) is 4.79 Å². The number of carbonyl (C=O) groups is 1. The number of ether oxygens (including phenoxy) is 1. The van der Waals surface area contributed by atoms with Crippen molar-refractivity contribution in [2.45, 2.75) is 25.8 Å². The van der Waals surface area contributed by atoms with Gasteiger partial charge in [0.05, 0.1) is 11.1 Å². The van der Waals surface area contributed by atoms with E-state index in [2.05, 4.69) is 17.4 Å². The van der Waals surface area contributed by atoms with Crippen LogP contribution in [0, 0.1) is 12.8 Å². The molecule has 0 aliphatic heterocycles. The number of carbonyl (C=O) groups excluding carboxylic acids is 1. The van der Waals surface area contributed by atoms with Crippen molar-refractivity contribution in [3.8, 4) is 5.75 Å². The predicted octanol–water partition coefficient (Wildman–Crippen LogP) is 4.29. The molecule has 23 heavy (non-hydrogen) atoms. The van der Waals surface area contributed by atoms with E-state index in [1.807, 2.05) is 37.3 Å². The van der Waals surface area contributed by atoms with E-state index in [0.29, 0.717) is 16.7 Å². The number of hydrogen-bond acceptors (Lipinski definition) is 2. The van der Waals surface area contributed by atoms with E-state index in [4.69, 9.17) is 16.3 Å². The van der Waals surface area contributed by atoms with Crippen LogP contribution in [0.25, 0.3) is 0 Å². The average molecular weight is 330 g/mol. The molecule has 120 valence electrons. The zero-order valence-electron chi connectivity index (χ0n) is 13.1. The van der Waals surface area contributed by atoms with Crippen LogP contribution in [-0.4, -0.2) is 12.5 Å². The van der Waals surface area contributed by atoms with Gasteiger partial charge in [-0.1, -0.05) is 48.0 Å². The number of hydrogen-bond donors (Lipinski definition) is 1. The third-order valence-corrected chi connectivity index (χ3v) is 4.33. The van der Waals surface area contributed by atoms with Gasteiger partial charge in [0.1, 0.15) is 5.75 Å². The lowest BCUT2D eigenvalue weighted by molar-refractivity contribution is -0.124. The molecule has 0 heterocycles. The quantitative estimate of drug-likeness (QED) is 0.858. The predicted molar refractivity (Wildman–Crippen MR) is 91.7 cm³/mol. The second-order valence-electron chi connectivity index (χ2n) is 6.02. The Hall–Kier alpha value is -2.00. The maximum absolute atomic E-state index is 12.2. The molecule has 0 radical (unpaired) electrons. The molecule has 1 saturated carbocycles. The second kappa shape index (κ2) is 7.05. The van der Waals surface area contributed by atoms with Gasteiger partial charge in [0.25, 0.3) is 5.91 Å². The van der Waals surface area contributed by atoms with Gasteiger partial charge in [-0.05, 0) is 48.9 Å². The fraction of sp³-hybridized carbons (Fsp3) is 0.316. The average Bonchev–Trinajstić information content (AvgIpc) is 3.39. The Balaban J connectivity index is 1.61. The number of benzene rings is 2. The van der Waals surface area contributed by atoms with Crippen LogP contribution in [0.1, 0.15) is 30.0 Å². The highest BCUT2D eigenvalue weighted by Crippen LogP contribution is 2.40. The summed E-state index contributed by atoms with van der Waals surface area (Å²) < 4.78 is 5.57. The van der Waals surface area contributed by atoms with E-state index in [9.17, 15) is 4.79 Å². The Morgan fingerprint density at radius 3 is 2.70 bits per heavy atom. The zero-order chi connectivity index (χ0) is 16.2. The van der Waals surface area contributed by atoms with Crippen LogP contribution in [-0.2, 0) is 4.79 Å². The highest BCUT2D eigenvalue weighted by Gasteiger charge is 2.33. The first-order chi connectivity index (χ1) is 11.1. The molecule has 0 spiro atoms. The maximum atomic E-state index is 12.2. The van der Waals surface area contributed by atoms with Crippen molar-refractivity contribution in [1.29, 1.82) is 0 Å². The Morgan fingerprint density at radius 2 is 2.00 bits per heavy atom. The number of halogens is 1. The van der Waals surface area contributed by atoms with Crippen LogP contribution in [0.4, 0.5) is 0 Å². The van der Waals surface area contributed by atoms with E-state index in [-0.39, 0.29) is 18.6 Å². The highest BCUT2D eigenvalue weighted by atomic mass is 35.5. The largest absolute Gasteiger partial charge is 0.482 e. The molecule has 3 nitrogen and oxygen atoms in total. The van der Waals surface area contributed by atoms with Crippen LogP contribution in [0.3, 0.4) is 0 Å². The first-order valence-corrected chi connectivity index (χ1v) is 8.24. The van der Waals surface area contributed by atoms with Crippen molar-refractivity contribution < 1.29 is 9.53 Å². The van der Waals surface area contributed by atoms with Gasteiger partial charge in [0.15, 0.2) is 6.61 Å². The summed E-state index contributed by atoms with van der Waals surface area (Å²) in [6.07, 6.45) is 2.31. The van der Waals surface area contributed by atoms with Crippen molar-refractivity contribution in [3.63, 3.8) is 0 Å². The number of nitrogens with one attached hydrogen (secondary N) is 1. The molecular weight excluding hydrogens is 310 g/mol. The maximum Gasteiger partial charge on any atom is 0.258 e. The van der Waals surface area contributed by atoms with E-state index >= 15 is 0 Å². The molecule has 1 aliphatic carbocycles. The Kier molecular flexibility index (Phi) is 4.87. The molecule has 2 aromatic carbocycles. The summed E-state index contributed by atoms with van der Waals surface area (Å²) in [6, 6.07) is 15.7. The molecule has 2 aromatic rings. The van der Waals surface area contributed by atoms with Gasteiger partial charge in [0, 0.05) is 0 Å². The topological polar surface area (TPSA) is 38.3 Å². The minimum atomic E-state index is -0.122. The van der Waals surface area contributed by atoms with E-state index in [1.54, 1.807) is 6.07 Å². The van der Waals surface area contributed by atoms with Crippen LogP contribution < -0.4 is 10.1 Å². The fourth-order valence-electron chi connectivity index (χ4n) is 2.64. The van der Waals surface area contributed by atoms with Gasteiger partial charge in [-0.25, -0.2) is 0 Å². The van der Waals surface area contributed by atoms with Crippen molar-refractivity contribution in [3.05, 3.63) is 64.7 Å². The summed E-state index contributed by atoms with van der Waals surface area (Å²) in [4.78, 5) is 12.2. The Morgan fingerprint density at radius 1 is 1.26 bits per heavy atom. The minimum Gasteiger partial charge on any atom is -0.482 e. The van der Waals surface area contributed by atoms with Gasteiger partial charge in [-0.15, -0.1) is 0 Å². The molecular formula is C19H20ClNO2. The van der Waals surface area contributed by atoms with Crippen LogP contribution in [0.2, 0.25) is 5.02 Å². The monoisotopic (exact) mass is 329 g/mol. The zero-order valence-corrected chi connectivity index (χ0v) is 13.8. The molecule has 1 N–H and O–H groups in total. The first-order valence-electron chi connectivity index (χ1n) is 7.87. The van der Waals surface area contributed by atoms with Crippen molar-refractivity contribution in [1.82, 2.24) is 5.32 Å². The normalized spacial score (nSPS) is 15.0. The first kappa shape index (κ1) is 15.9. The molecule has 3 rings (SSSR count). The molecule has 0 bridgehead atoms. The van der Waals surface area contributed by atoms with Gasteiger partial charge < -0.3 is 10.1 Å².